The highest BCUT2D eigenvalue weighted by Gasteiger charge is 2.30. The Hall–Kier alpha value is -0.610. The van der Waals surface area contributed by atoms with Crippen LogP contribution in [-0.4, -0.2) is 60.5 Å². The largest absolute Gasteiger partial charge is 0.339 e. The van der Waals surface area contributed by atoms with Crippen LogP contribution in [0.3, 0.4) is 0 Å². The van der Waals surface area contributed by atoms with Crippen molar-refractivity contribution in [2.75, 3.05) is 32.7 Å². The Morgan fingerprint density at radius 2 is 1.89 bits per heavy atom. The lowest BCUT2D eigenvalue weighted by Crippen LogP contribution is -2.55. The second-order valence-corrected chi connectivity index (χ2v) is 5.88. The average molecular weight is 267 g/mol. The number of amides is 1. The molecule has 1 atom stereocenters. The first-order valence-electron chi connectivity index (χ1n) is 7.99. The van der Waals surface area contributed by atoms with Gasteiger partial charge in [-0.2, -0.15) is 0 Å². The van der Waals surface area contributed by atoms with Crippen molar-refractivity contribution in [1.29, 1.82) is 0 Å². The van der Waals surface area contributed by atoms with Gasteiger partial charge in [0.05, 0.1) is 6.04 Å². The minimum Gasteiger partial charge on any atom is -0.339 e. The third-order valence-corrected chi connectivity index (χ3v) is 4.70. The monoisotopic (exact) mass is 267 g/mol. The van der Waals surface area contributed by atoms with Crippen molar-refractivity contribution in [3.8, 4) is 0 Å². The van der Waals surface area contributed by atoms with Gasteiger partial charge in [0, 0.05) is 38.8 Å². The lowest BCUT2D eigenvalue weighted by molar-refractivity contribution is -0.139. The van der Waals surface area contributed by atoms with Gasteiger partial charge < -0.3 is 10.2 Å². The molecule has 0 radical (unpaired) electrons. The fraction of sp³-hybridized carbons (Fsp3) is 0.933. The Morgan fingerprint density at radius 1 is 1.26 bits per heavy atom. The van der Waals surface area contributed by atoms with Crippen LogP contribution in [0.4, 0.5) is 0 Å². The molecular formula is C15H29N3O. The van der Waals surface area contributed by atoms with E-state index in [0.717, 1.165) is 32.7 Å². The summed E-state index contributed by atoms with van der Waals surface area (Å²) in [4.78, 5) is 17.2. The van der Waals surface area contributed by atoms with Gasteiger partial charge in [0.15, 0.2) is 0 Å². The first-order valence-corrected chi connectivity index (χ1v) is 7.99. The third kappa shape index (κ3) is 3.69. The van der Waals surface area contributed by atoms with E-state index in [-0.39, 0.29) is 6.04 Å². The van der Waals surface area contributed by atoms with Crippen molar-refractivity contribution >= 4 is 5.91 Å². The molecule has 0 aromatic carbocycles. The topological polar surface area (TPSA) is 35.6 Å². The number of hydrogen-bond acceptors (Lipinski definition) is 3. The fourth-order valence-corrected chi connectivity index (χ4v) is 3.45. The van der Waals surface area contributed by atoms with Crippen LogP contribution in [0.25, 0.3) is 0 Å². The maximum Gasteiger partial charge on any atom is 0.239 e. The Bertz CT molecular complexity index is 283. The van der Waals surface area contributed by atoms with Crippen LogP contribution >= 0.6 is 0 Å². The van der Waals surface area contributed by atoms with Gasteiger partial charge in [0.25, 0.3) is 0 Å². The normalized spacial score (nSPS) is 24.1. The lowest BCUT2D eigenvalue weighted by atomic mass is 9.93. The quantitative estimate of drug-likeness (QED) is 0.837. The standard InChI is InChI=1S/C15H29N3O/c1-3-18(14-7-5-4-6-8-14)15(19)13(2)17-11-9-16-10-12-17/h13-14,16H,3-12H2,1-2H3. The number of piperazine rings is 1. The number of likely N-dealkylation sites (N-methyl/N-ethyl adjacent to an activating group) is 1. The molecule has 2 rings (SSSR count). The van der Waals surface area contributed by atoms with Crippen LogP contribution in [0.15, 0.2) is 0 Å². The number of carbonyl (C=O) groups is 1. The second-order valence-electron chi connectivity index (χ2n) is 5.88. The van der Waals surface area contributed by atoms with E-state index in [1.165, 1.54) is 32.1 Å². The zero-order valence-electron chi connectivity index (χ0n) is 12.5. The van der Waals surface area contributed by atoms with Gasteiger partial charge in [-0.1, -0.05) is 19.3 Å². The van der Waals surface area contributed by atoms with Crippen molar-refractivity contribution in [2.45, 2.75) is 58.0 Å². The van der Waals surface area contributed by atoms with Crippen molar-refractivity contribution in [3.63, 3.8) is 0 Å². The molecule has 19 heavy (non-hydrogen) atoms. The number of nitrogens with one attached hydrogen (secondary N) is 1. The van der Waals surface area contributed by atoms with Gasteiger partial charge in [-0.15, -0.1) is 0 Å². The van der Waals surface area contributed by atoms with Gasteiger partial charge in [-0.05, 0) is 26.7 Å². The molecule has 1 amide bonds. The molecule has 1 unspecified atom stereocenters. The van der Waals surface area contributed by atoms with Crippen molar-refractivity contribution in [1.82, 2.24) is 15.1 Å². The summed E-state index contributed by atoms with van der Waals surface area (Å²) in [6.45, 7) is 9.07. The number of rotatable bonds is 4. The van der Waals surface area contributed by atoms with Crippen molar-refractivity contribution in [3.05, 3.63) is 0 Å². The van der Waals surface area contributed by atoms with E-state index in [0.29, 0.717) is 11.9 Å². The SMILES string of the molecule is CCN(C(=O)C(C)N1CCNCC1)C1CCCCC1. The molecule has 4 heteroatoms. The molecule has 1 saturated carbocycles. The molecule has 1 saturated heterocycles. The van der Waals surface area contributed by atoms with E-state index in [2.05, 4.69) is 29.0 Å². The molecule has 4 nitrogen and oxygen atoms in total. The number of carbonyl (C=O) groups excluding carboxylic acids is 1. The lowest BCUT2D eigenvalue weighted by Gasteiger charge is -2.39. The first kappa shape index (κ1) is 14.8. The highest BCUT2D eigenvalue weighted by atomic mass is 16.2. The summed E-state index contributed by atoms with van der Waals surface area (Å²) in [6, 6.07) is 0.542. The summed E-state index contributed by atoms with van der Waals surface area (Å²) in [5, 5.41) is 3.35. The summed E-state index contributed by atoms with van der Waals surface area (Å²) < 4.78 is 0. The molecule has 2 aliphatic rings. The van der Waals surface area contributed by atoms with Gasteiger partial charge in [0.2, 0.25) is 5.91 Å². The predicted molar refractivity (Wildman–Crippen MR) is 78.2 cm³/mol. The summed E-state index contributed by atoms with van der Waals surface area (Å²) in [6.07, 6.45) is 6.32. The molecule has 0 bridgehead atoms. The van der Waals surface area contributed by atoms with E-state index in [1.807, 2.05) is 0 Å². The zero-order chi connectivity index (χ0) is 13.7. The highest BCUT2D eigenvalue weighted by molar-refractivity contribution is 5.81. The number of nitrogens with zero attached hydrogens (tertiary/aromatic N) is 2. The summed E-state index contributed by atoms with van der Waals surface area (Å²) in [7, 11) is 0. The van der Waals surface area contributed by atoms with E-state index >= 15 is 0 Å². The zero-order valence-corrected chi connectivity index (χ0v) is 12.5. The van der Waals surface area contributed by atoms with E-state index in [1.54, 1.807) is 0 Å². The molecule has 2 fully saturated rings. The van der Waals surface area contributed by atoms with Gasteiger partial charge in [-0.25, -0.2) is 0 Å². The van der Waals surface area contributed by atoms with Crippen molar-refractivity contribution < 1.29 is 4.79 Å². The summed E-state index contributed by atoms with van der Waals surface area (Å²) in [5.74, 6) is 0.344. The Morgan fingerprint density at radius 3 is 2.47 bits per heavy atom. The minimum absolute atomic E-state index is 0.0453. The summed E-state index contributed by atoms with van der Waals surface area (Å²) >= 11 is 0. The maximum atomic E-state index is 12.7. The van der Waals surface area contributed by atoms with E-state index in [4.69, 9.17) is 0 Å². The van der Waals surface area contributed by atoms with E-state index in [9.17, 15) is 4.79 Å². The Labute approximate surface area is 117 Å². The molecule has 110 valence electrons. The first-order chi connectivity index (χ1) is 9.24. The molecule has 0 aromatic heterocycles. The van der Waals surface area contributed by atoms with Crippen LogP contribution in [-0.2, 0) is 4.79 Å². The molecule has 1 aliphatic heterocycles. The van der Waals surface area contributed by atoms with Crippen molar-refractivity contribution in [2.24, 2.45) is 0 Å². The van der Waals surface area contributed by atoms with E-state index < -0.39 is 0 Å². The van der Waals surface area contributed by atoms with Crippen LogP contribution < -0.4 is 5.32 Å². The van der Waals surface area contributed by atoms with Crippen LogP contribution in [0.2, 0.25) is 0 Å². The van der Waals surface area contributed by atoms with Crippen LogP contribution in [0.5, 0.6) is 0 Å². The molecule has 1 aliphatic carbocycles. The highest BCUT2D eigenvalue weighted by Crippen LogP contribution is 2.23. The average Bonchev–Trinajstić information content (AvgIpc) is 2.49. The minimum atomic E-state index is 0.0453. The van der Waals surface area contributed by atoms with Gasteiger partial charge >= 0.3 is 0 Å². The Balaban J connectivity index is 1.94. The van der Waals surface area contributed by atoms with Gasteiger partial charge in [-0.3, -0.25) is 9.69 Å². The fourth-order valence-electron chi connectivity index (χ4n) is 3.45. The Kier molecular flexibility index (Phi) is 5.64. The van der Waals surface area contributed by atoms with Gasteiger partial charge in [0.1, 0.15) is 0 Å². The number of hydrogen-bond donors (Lipinski definition) is 1. The molecule has 0 aromatic rings. The molecular weight excluding hydrogens is 238 g/mol. The maximum absolute atomic E-state index is 12.7. The van der Waals surface area contributed by atoms with Crippen LogP contribution in [0, 0.1) is 0 Å². The smallest absolute Gasteiger partial charge is 0.239 e. The molecule has 0 spiro atoms. The third-order valence-electron chi connectivity index (χ3n) is 4.70. The van der Waals surface area contributed by atoms with Crippen LogP contribution in [0.1, 0.15) is 46.0 Å². The predicted octanol–water partition coefficient (Wildman–Crippen LogP) is 1.46. The second kappa shape index (κ2) is 7.25. The molecule has 1 N–H and O–H groups in total. The molecule has 1 heterocycles. The summed E-state index contributed by atoms with van der Waals surface area (Å²) in [5.41, 5.74) is 0.